The average molecular weight is 248 g/mol. The lowest BCUT2D eigenvalue weighted by Gasteiger charge is -2.24. The average Bonchev–Trinajstić information content (AvgIpc) is 2.28. The number of aromatic nitrogens is 1. The van der Waals surface area contributed by atoms with Crippen LogP contribution in [-0.4, -0.2) is 18.3 Å². The standard InChI is InChI=1S/C14H20N2O2/c1-14(2,3)12-6-5-11(7-8-15)13(17)16(12)9-10-18-4/h5-6H,7,9-10H2,1-4H3. The van der Waals surface area contributed by atoms with Crippen molar-refractivity contribution in [1.29, 1.82) is 5.26 Å². The second-order valence-corrected chi connectivity index (χ2v) is 5.28. The van der Waals surface area contributed by atoms with Gasteiger partial charge in [-0.15, -0.1) is 0 Å². The minimum absolute atomic E-state index is 0.0824. The Labute approximate surface area is 108 Å². The lowest BCUT2D eigenvalue weighted by Crippen LogP contribution is -2.32. The first-order chi connectivity index (χ1) is 8.41. The number of hydrogen-bond acceptors (Lipinski definition) is 3. The maximum Gasteiger partial charge on any atom is 0.255 e. The van der Waals surface area contributed by atoms with Crippen LogP contribution in [0.15, 0.2) is 16.9 Å². The van der Waals surface area contributed by atoms with Crippen molar-refractivity contribution < 1.29 is 4.74 Å². The minimum Gasteiger partial charge on any atom is -0.383 e. The molecule has 0 saturated carbocycles. The molecule has 0 amide bonds. The van der Waals surface area contributed by atoms with E-state index in [1.807, 2.05) is 12.1 Å². The molecule has 4 nitrogen and oxygen atoms in total. The number of ether oxygens (including phenoxy) is 1. The van der Waals surface area contributed by atoms with Crippen LogP contribution in [0.2, 0.25) is 0 Å². The minimum atomic E-state index is -0.113. The van der Waals surface area contributed by atoms with E-state index in [0.717, 1.165) is 5.69 Å². The molecule has 0 saturated heterocycles. The first-order valence-electron chi connectivity index (χ1n) is 6.01. The molecule has 18 heavy (non-hydrogen) atoms. The molecule has 0 bridgehead atoms. The first kappa shape index (κ1) is 14.5. The molecule has 1 aromatic heterocycles. The zero-order valence-electron chi connectivity index (χ0n) is 11.5. The molecule has 0 aliphatic carbocycles. The van der Waals surface area contributed by atoms with Crippen molar-refractivity contribution in [3.8, 4) is 6.07 Å². The van der Waals surface area contributed by atoms with E-state index in [0.29, 0.717) is 18.7 Å². The maximum atomic E-state index is 12.3. The molecule has 0 aliphatic heterocycles. The molecule has 0 N–H and O–H groups in total. The molecule has 0 aromatic carbocycles. The van der Waals surface area contributed by atoms with E-state index in [1.165, 1.54) is 0 Å². The SMILES string of the molecule is COCCn1c(C(C)(C)C)ccc(CC#N)c1=O. The third-order valence-corrected chi connectivity index (χ3v) is 2.81. The highest BCUT2D eigenvalue weighted by Gasteiger charge is 2.19. The van der Waals surface area contributed by atoms with Crippen molar-refractivity contribution in [3.05, 3.63) is 33.7 Å². The van der Waals surface area contributed by atoms with Gasteiger partial charge in [-0.25, -0.2) is 0 Å². The van der Waals surface area contributed by atoms with Crippen LogP contribution >= 0.6 is 0 Å². The molecule has 0 unspecified atom stereocenters. The van der Waals surface area contributed by atoms with Crippen molar-refractivity contribution >= 4 is 0 Å². The van der Waals surface area contributed by atoms with Gasteiger partial charge in [-0.3, -0.25) is 4.79 Å². The summed E-state index contributed by atoms with van der Waals surface area (Å²) in [6, 6.07) is 5.72. The summed E-state index contributed by atoms with van der Waals surface area (Å²) in [5.74, 6) is 0. The van der Waals surface area contributed by atoms with Crippen molar-refractivity contribution in [2.75, 3.05) is 13.7 Å². The highest BCUT2D eigenvalue weighted by molar-refractivity contribution is 5.23. The fourth-order valence-electron chi connectivity index (χ4n) is 1.90. The summed E-state index contributed by atoms with van der Waals surface area (Å²) in [5.41, 5.74) is 1.31. The lowest BCUT2D eigenvalue weighted by atomic mass is 9.90. The summed E-state index contributed by atoms with van der Waals surface area (Å²) in [6.07, 6.45) is 0.149. The van der Waals surface area contributed by atoms with Gasteiger partial charge in [-0.1, -0.05) is 26.8 Å². The molecule has 98 valence electrons. The smallest absolute Gasteiger partial charge is 0.255 e. The fraction of sp³-hybridized carbons (Fsp3) is 0.571. The van der Waals surface area contributed by atoms with Crippen LogP contribution in [0, 0.1) is 11.3 Å². The Kier molecular flexibility index (Phi) is 4.69. The van der Waals surface area contributed by atoms with E-state index < -0.39 is 0 Å². The van der Waals surface area contributed by atoms with E-state index in [1.54, 1.807) is 17.7 Å². The van der Waals surface area contributed by atoms with Crippen molar-refractivity contribution in [2.45, 2.75) is 39.2 Å². The number of nitriles is 1. The van der Waals surface area contributed by atoms with Crippen LogP contribution in [0.3, 0.4) is 0 Å². The summed E-state index contributed by atoms with van der Waals surface area (Å²) in [6.45, 7) is 7.19. The zero-order valence-corrected chi connectivity index (χ0v) is 11.5. The maximum absolute atomic E-state index is 12.3. The molecule has 1 rings (SSSR count). The third kappa shape index (κ3) is 3.21. The van der Waals surface area contributed by atoms with Crippen LogP contribution in [0.5, 0.6) is 0 Å². The topological polar surface area (TPSA) is 55.0 Å². The second kappa shape index (κ2) is 5.83. The Bertz CT molecular complexity index is 504. The predicted molar refractivity (Wildman–Crippen MR) is 70.6 cm³/mol. The Morgan fingerprint density at radius 3 is 2.56 bits per heavy atom. The Morgan fingerprint density at radius 1 is 1.39 bits per heavy atom. The Hall–Kier alpha value is -1.60. The third-order valence-electron chi connectivity index (χ3n) is 2.81. The molecule has 4 heteroatoms. The summed E-state index contributed by atoms with van der Waals surface area (Å²) in [5, 5.41) is 8.72. The van der Waals surface area contributed by atoms with Crippen LogP contribution in [-0.2, 0) is 23.1 Å². The number of hydrogen-bond donors (Lipinski definition) is 0. The van der Waals surface area contributed by atoms with Crippen molar-refractivity contribution in [3.63, 3.8) is 0 Å². The summed E-state index contributed by atoms with van der Waals surface area (Å²) in [7, 11) is 1.61. The van der Waals surface area contributed by atoms with Gasteiger partial charge in [0.05, 0.1) is 19.1 Å². The predicted octanol–water partition coefficient (Wildman–Crippen LogP) is 1.86. The number of pyridine rings is 1. The number of rotatable bonds is 4. The van der Waals surface area contributed by atoms with Gasteiger partial charge in [0.25, 0.3) is 5.56 Å². The molecular weight excluding hydrogens is 228 g/mol. The Morgan fingerprint density at radius 2 is 2.06 bits per heavy atom. The fourth-order valence-corrected chi connectivity index (χ4v) is 1.90. The molecule has 1 aromatic rings. The summed E-state index contributed by atoms with van der Waals surface area (Å²) in [4.78, 5) is 12.3. The van der Waals surface area contributed by atoms with Crippen molar-refractivity contribution in [2.24, 2.45) is 0 Å². The van der Waals surface area contributed by atoms with Crippen LogP contribution in [0.25, 0.3) is 0 Å². The van der Waals surface area contributed by atoms with E-state index in [4.69, 9.17) is 10.00 Å². The summed E-state index contributed by atoms with van der Waals surface area (Å²) >= 11 is 0. The van der Waals surface area contributed by atoms with Gasteiger partial charge in [-0.05, 0) is 6.07 Å². The molecule has 1 heterocycles. The molecule has 0 fully saturated rings. The quantitative estimate of drug-likeness (QED) is 0.817. The highest BCUT2D eigenvalue weighted by atomic mass is 16.5. The van der Waals surface area contributed by atoms with E-state index >= 15 is 0 Å². The lowest BCUT2D eigenvalue weighted by molar-refractivity contribution is 0.184. The zero-order chi connectivity index (χ0) is 13.8. The Balaban J connectivity index is 3.33. The molecule has 0 radical (unpaired) electrons. The van der Waals surface area contributed by atoms with Gasteiger partial charge in [-0.2, -0.15) is 5.26 Å². The second-order valence-electron chi connectivity index (χ2n) is 5.28. The van der Waals surface area contributed by atoms with Gasteiger partial charge < -0.3 is 9.30 Å². The van der Waals surface area contributed by atoms with Crippen LogP contribution < -0.4 is 5.56 Å². The molecule has 0 spiro atoms. The normalized spacial score (nSPS) is 11.3. The molecule has 0 atom stereocenters. The van der Waals surface area contributed by atoms with Gasteiger partial charge in [0.15, 0.2) is 0 Å². The first-order valence-corrected chi connectivity index (χ1v) is 6.01. The summed E-state index contributed by atoms with van der Waals surface area (Å²) < 4.78 is 6.76. The van der Waals surface area contributed by atoms with E-state index in [9.17, 15) is 4.79 Å². The van der Waals surface area contributed by atoms with Gasteiger partial charge in [0.1, 0.15) is 0 Å². The van der Waals surface area contributed by atoms with Gasteiger partial charge in [0.2, 0.25) is 0 Å². The number of methoxy groups -OCH3 is 1. The number of nitrogens with zero attached hydrogens (tertiary/aromatic N) is 2. The largest absolute Gasteiger partial charge is 0.383 e. The van der Waals surface area contributed by atoms with Gasteiger partial charge in [0, 0.05) is 30.3 Å². The molecular formula is C14H20N2O2. The highest BCUT2D eigenvalue weighted by Crippen LogP contribution is 2.21. The van der Waals surface area contributed by atoms with Crippen LogP contribution in [0.1, 0.15) is 32.0 Å². The van der Waals surface area contributed by atoms with Crippen LogP contribution in [0.4, 0.5) is 0 Å². The van der Waals surface area contributed by atoms with E-state index in [2.05, 4.69) is 20.8 Å². The van der Waals surface area contributed by atoms with Crippen molar-refractivity contribution in [1.82, 2.24) is 4.57 Å². The molecule has 0 aliphatic rings. The monoisotopic (exact) mass is 248 g/mol. The van der Waals surface area contributed by atoms with Gasteiger partial charge >= 0.3 is 0 Å². The van der Waals surface area contributed by atoms with E-state index in [-0.39, 0.29) is 17.4 Å².